The van der Waals surface area contributed by atoms with Gasteiger partial charge in [-0.05, 0) is 26.0 Å². The molecule has 0 amide bonds. The van der Waals surface area contributed by atoms with Gasteiger partial charge in [0, 0.05) is 24.1 Å². The van der Waals surface area contributed by atoms with Crippen LogP contribution in [0, 0.1) is 10.1 Å². The smallest absolute Gasteiger partial charge is 0.269 e. The lowest BCUT2D eigenvalue weighted by molar-refractivity contribution is -0.384. The van der Waals surface area contributed by atoms with Crippen LogP contribution in [0.2, 0.25) is 0 Å². The number of ketones is 2. The number of Topliss-reactive ketones (excluding diaryl/α,β-unsaturated/α-hetero) is 2. The number of nitrogens with zero attached hydrogens (tertiary/aromatic N) is 1. The molecule has 1 atom stereocenters. The molecule has 0 fully saturated rings. The first-order valence-electron chi connectivity index (χ1n) is 5.25. The number of nitro benzene ring substituents is 1. The van der Waals surface area contributed by atoms with E-state index in [1.807, 2.05) is 0 Å². The number of carbonyl (C=O) groups excluding carboxylic acids is 2. The van der Waals surface area contributed by atoms with Gasteiger partial charge in [0.2, 0.25) is 0 Å². The lowest BCUT2D eigenvalue weighted by Crippen LogP contribution is -2.35. The van der Waals surface area contributed by atoms with Crippen LogP contribution in [0.3, 0.4) is 0 Å². The number of carbonyl (C=O) groups is 2. The summed E-state index contributed by atoms with van der Waals surface area (Å²) in [5.74, 6) is -0.942. The monoisotopic (exact) mass is 251 g/mol. The molecule has 0 aliphatic carbocycles. The van der Waals surface area contributed by atoms with Crippen LogP contribution in [0.4, 0.5) is 5.69 Å². The highest BCUT2D eigenvalue weighted by atomic mass is 16.6. The Kier molecular flexibility index (Phi) is 3.93. The Morgan fingerprint density at radius 1 is 1.33 bits per heavy atom. The van der Waals surface area contributed by atoms with E-state index in [2.05, 4.69) is 0 Å². The van der Waals surface area contributed by atoms with Gasteiger partial charge in [-0.15, -0.1) is 0 Å². The number of hydrogen-bond donors (Lipinski definition) is 1. The number of non-ortho nitro benzene ring substituents is 1. The van der Waals surface area contributed by atoms with Gasteiger partial charge in [0.15, 0.2) is 11.6 Å². The first-order chi connectivity index (χ1) is 8.24. The minimum absolute atomic E-state index is 0.120. The second-order valence-electron chi connectivity index (χ2n) is 4.23. The first kappa shape index (κ1) is 14.0. The summed E-state index contributed by atoms with van der Waals surface area (Å²) in [5, 5.41) is 20.1. The fourth-order valence-electron chi connectivity index (χ4n) is 1.31. The lowest BCUT2D eigenvalue weighted by atomic mass is 9.92. The third kappa shape index (κ3) is 3.21. The Balaban J connectivity index is 2.86. The third-order valence-electron chi connectivity index (χ3n) is 2.66. The zero-order chi connectivity index (χ0) is 13.9. The van der Waals surface area contributed by atoms with Crippen molar-refractivity contribution in [3.8, 4) is 0 Å². The van der Waals surface area contributed by atoms with Gasteiger partial charge in [0.05, 0.1) is 4.92 Å². The number of hydrogen-bond acceptors (Lipinski definition) is 5. The summed E-state index contributed by atoms with van der Waals surface area (Å²) in [5.41, 5.74) is -1.61. The fraction of sp³-hybridized carbons (Fsp3) is 0.333. The molecular formula is C12H13NO5. The summed E-state index contributed by atoms with van der Waals surface area (Å²) in [4.78, 5) is 32.7. The van der Waals surface area contributed by atoms with Gasteiger partial charge in [-0.1, -0.05) is 0 Å². The van der Waals surface area contributed by atoms with Crippen LogP contribution in [0.15, 0.2) is 24.3 Å². The highest BCUT2D eigenvalue weighted by Gasteiger charge is 2.29. The number of aliphatic hydroxyl groups is 1. The van der Waals surface area contributed by atoms with Crippen molar-refractivity contribution in [3.05, 3.63) is 39.9 Å². The zero-order valence-corrected chi connectivity index (χ0v) is 10.0. The number of rotatable bonds is 5. The Bertz CT molecular complexity index is 490. The summed E-state index contributed by atoms with van der Waals surface area (Å²) < 4.78 is 0. The molecule has 0 aliphatic heterocycles. The normalized spacial score (nSPS) is 13.7. The van der Waals surface area contributed by atoms with E-state index in [0.29, 0.717) is 0 Å². The van der Waals surface area contributed by atoms with Gasteiger partial charge in [-0.3, -0.25) is 19.7 Å². The summed E-state index contributed by atoms with van der Waals surface area (Å²) >= 11 is 0. The van der Waals surface area contributed by atoms with E-state index in [1.54, 1.807) is 0 Å². The van der Waals surface area contributed by atoms with Gasteiger partial charge >= 0.3 is 0 Å². The van der Waals surface area contributed by atoms with Crippen molar-refractivity contribution in [1.82, 2.24) is 0 Å². The predicted octanol–water partition coefficient (Wildman–Crippen LogP) is 1.51. The van der Waals surface area contributed by atoms with Crippen LogP contribution in [0.5, 0.6) is 0 Å². The molecule has 0 aromatic heterocycles. The van der Waals surface area contributed by atoms with E-state index >= 15 is 0 Å². The maximum Gasteiger partial charge on any atom is 0.269 e. The van der Waals surface area contributed by atoms with Crippen LogP contribution in [-0.2, 0) is 4.79 Å². The molecule has 0 heterocycles. The predicted molar refractivity (Wildman–Crippen MR) is 63.3 cm³/mol. The van der Waals surface area contributed by atoms with Crippen molar-refractivity contribution >= 4 is 17.3 Å². The summed E-state index contributed by atoms with van der Waals surface area (Å²) in [6, 6.07) is 5.01. The standard InChI is InChI=1S/C12H13NO5/c1-8(14)12(2,16)7-11(15)9-3-5-10(6-4-9)13(17)18/h3-6,16H,7H2,1-2H3/t12-/m1/s1. The summed E-state index contributed by atoms with van der Waals surface area (Å²) in [6.07, 6.45) is -0.347. The SMILES string of the molecule is CC(=O)[C@](C)(O)CC(=O)c1ccc([N+](=O)[O-])cc1. The topological polar surface area (TPSA) is 97.5 Å². The summed E-state index contributed by atoms with van der Waals surface area (Å²) in [7, 11) is 0. The average Bonchev–Trinajstić information content (AvgIpc) is 2.28. The van der Waals surface area contributed by atoms with Crippen molar-refractivity contribution in [2.75, 3.05) is 0 Å². The van der Waals surface area contributed by atoms with E-state index < -0.39 is 22.1 Å². The molecule has 1 aromatic carbocycles. The van der Waals surface area contributed by atoms with E-state index in [4.69, 9.17) is 0 Å². The second-order valence-corrected chi connectivity index (χ2v) is 4.23. The molecule has 1 N–H and O–H groups in total. The molecule has 0 unspecified atom stereocenters. The third-order valence-corrected chi connectivity index (χ3v) is 2.66. The Morgan fingerprint density at radius 3 is 2.22 bits per heavy atom. The Morgan fingerprint density at radius 2 is 1.83 bits per heavy atom. The van der Waals surface area contributed by atoms with Crippen molar-refractivity contribution in [2.24, 2.45) is 0 Å². The van der Waals surface area contributed by atoms with E-state index in [1.165, 1.54) is 38.1 Å². The molecule has 0 spiro atoms. The van der Waals surface area contributed by atoms with Gasteiger partial charge in [0.25, 0.3) is 5.69 Å². The van der Waals surface area contributed by atoms with Gasteiger partial charge in [-0.25, -0.2) is 0 Å². The zero-order valence-electron chi connectivity index (χ0n) is 10.0. The van der Waals surface area contributed by atoms with Gasteiger partial charge in [-0.2, -0.15) is 0 Å². The molecule has 1 rings (SSSR count). The van der Waals surface area contributed by atoms with Gasteiger partial charge in [0.1, 0.15) is 5.60 Å². The Hall–Kier alpha value is -2.08. The molecule has 96 valence electrons. The Labute approximate surface area is 103 Å². The highest BCUT2D eigenvalue weighted by molar-refractivity contribution is 6.00. The quantitative estimate of drug-likeness (QED) is 0.486. The van der Waals surface area contributed by atoms with E-state index in [0.717, 1.165) is 0 Å². The molecule has 0 saturated carbocycles. The number of nitro groups is 1. The molecular weight excluding hydrogens is 238 g/mol. The maximum absolute atomic E-state index is 11.8. The second kappa shape index (κ2) is 5.05. The van der Waals surface area contributed by atoms with Crippen LogP contribution in [0.1, 0.15) is 30.6 Å². The molecule has 0 radical (unpaired) electrons. The van der Waals surface area contributed by atoms with Crippen molar-refractivity contribution in [3.63, 3.8) is 0 Å². The number of benzene rings is 1. The van der Waals surface area contributed by atoms with E-state index in [-0.39, 0.29) is 17.7 Å². The maximum atomic E-state index is 11.8. The van der Waals surface area contributed by atoms with Crippen LogP contribution in [-0.4, -0.2) is 27.2 Å². The molecule has 0 aliphatic rings. The van der Waals surface area contributed by atoms with Crippen molar-refractivity contribution in [1.29, 1.82) is 0 Å². The van der Waals surface area contributed by atoms with E-state index in [9.17, 15) is 24.8 Å². The molecule has 6 nitrogen and oxygen atoms in total. The molecule has 0 bridgehead atoms. The minimum atomic E-state index is -1.71. The molecule has 6 heteroatoms. The molecule has 18 heavy (non-hydrogen) atoms. The molecule has 1 aromatic rings. The van der Waals surface area contributed by atoms with Crippen LogP contribution >= 0.6 is 0 Å². The van der Waals surface area contributed by atoms with Crippen molar-refractivity contribution < 1.29 is 19.6 Å². The average molecular weight is 251 g/mol. The first-order valence-corrected chi connectivity index (χ1v) is 5.25. The molecule has 0 saturated heterocycles. The van der Waals surface area contributed by atoms with Crippen molar-refractivity contribution in [2.45, 2.75) is 25.9 Å². The fourth-order valence-corrected chi connectivity index (χ4v) is 1.31. The van der Waals surface area contributed by atoms with Crippen LogP contribution in [0.25, 0.3) is 0 Å². The van der Waals surface area contributed by atoms with Crippen LogP contribution < -0.4 is 0 Å². The minimum Gasteiger partial charge on any atom is -0.382 e. The highest BCUT2D eigenvalue weighted by Crippen LogP contribution is 2.17. The summed E-state index contributed by atoms with van der Waals surface area (Å²) in [6.45, 7) is 2.46. The largest absolute Gasteiger partial charge is 0.382 e. The lowest BCUT2D eigenvalue weighted by Gasteiger charge is -2.18. The van der Waals surface area contributed by atoms with Gasteiger partial charge < -0.3 is 5.11 Å².